The number of halogens is 5. The van der Waals surface area contributed by atoms with Crippen LogP contribution < -0.4 is 4.74 Å². The van der Waals surface area contributed by atoms with E-state index in [1.165, 1.54) is 24.3 Å². The molecule has 2 rings (SSSR count). The van der Waals surface area contributed by atoms with Gasteiger partial charge in [0.2, 0.25) is 5.82 Å². The number of carbonyl (C=O) groups excluding carboxylic acids is 1. The molecule has 0 heterocycles. The molecule has 0 aliphatic rings. The standard InChI is InChI=1S/C16H8F5NO3/c17-12-10(13(18)15(20)16(21)14(12)19)6-25-11(23)7-24-9-3-1-8(5-22)2-4-9/h1-4H,6-7H2. The van der Waals surface area contributed by atoms with Crippen molar-refractivity contribution in [1.82, 2.24) is 0 Å². The van der Waals surface area contributed by atoms with Crippen LogP contribution in [-0.4, -0.2) is 12.6 Å². The quantitative estimate of drug-likeness (QED) is 0.356. The van der Waals surface area contributed by atoms with Gasteiger partial charge in [-0.2, -0.15) is 5.26 Å². The Labute approximate surface area is 138 Å². The fourth-order valence-electron chi connectivity index (χ4n) is 1.74. The van der Waals surface area contributed by atoms with E-state index in [1.807, 2.05) is 6.07 Å². The van der Waals surface area contributed by atoms with E-state index >= 15 is 0 Å². The van der Waals surface area contributed by atoms with Crippen LogP contribution in [0.15, 0.2) is 24.3 Å². The highest BCUT2D eigenvalue weighted by atomic mass is 19.2. The van der Waals surface area contributed by atoms with Crippen molar-refractivity contribution in [3.05, 3.63) is 64.5 Å². The van der Waals surface area contributed by atoms with E-state index in [9.17, 15) is 26.7 Å². The first kappa shape index (κ1) is 18.2. The first-order chi connectivity index (χ1) is 11.8. The zero-order valence-electron chi connectivity index (χ0n) is 12.3. The number of hydrogen-bond acceptors (Lipinski definition) is 4. The Morgan fingerprint density at radius 3 is 1.96 bits per heavy atom. The average molecular weight is 357 g/mol. The molecule has 0 aliphatic carbocycles. The Morgan fingerprint density at radius 1 is 0.920 bits per heavy atom. The maximum atomic E-state index is 13.4. The number of hydrogen-bond donors (Lipinski definition) is 0. The molecule has 0 atom stereocenters. The fourth-order valence-corrected chi connectivity index (χ4v) is 1.74. The molecular formula is C16H8F5NO3. The smallest absolute Gasteiger partial charge is 0.344 e. The van der Waals surface area contributed by atoms with Gasteiger partial charge in [0.15, 0.2) is 29.9 Å². The van der Waals surface area contributed by atoms with Crippen molar-refractivity contribution in [2.24, 2.45) is 0 Å². The Bertz CT molecular complexity index is 817. The van der Waals surface area contributed by atoms with Crippen LogP contribution in [-0.2, 0) is 16.1 Å². The second kappa shape index (κ2) is 7.61. The maximum Gasteiger partial charge on any atom is 0.344 e. The lowest BCUT2D eigenvalue weighted by molar-refractivity contribution is -0.147. The number of nitriles is 1. The van der Waals surface area contributed by atoms with Crippen LogP contribution in [0, 0.1) is 40.4 Å². The van der Waals surface area contributed by atoms with Gasteiger partial charge in [0, 0.05) is 0 Å². The summed E-state index contributed by atoms with van der Waals surface area (Å²) in [6.45, 7) is -1.82. The molecule has 0 aliphatic heterocycles. The molecule has 0 saturated carbocycles. The van der Waals surface area contributed by atoms with E-state index in [1.54, 1.807) is 0 Å². The number of benzene rings is 2. The van der Waals surface area contributed by atoms with Crippen LogP contribution in [0.3, 0.4) is 0 Å². The van der Waals surface area contributed by atoms with E-state index in [0.717, 1.165) is 0 Å². The number of nitrogens with zero attached hydrogens (tertiary/aromatic N) is 1. The van der Waals surface area contributed by atoms with Crippen LogP contribution in [0.1, 0.15) is 11.1 Å². The summed E-state index contributed by atoms with van der Waals surface area (Å²) in [7, 11) is 0. The summed E-state index contributed by atoms with van der Waals surface area (Å²) in [6.07, 6.45) is 0. The monoisotopic (exact) mass is 357 g/mol. The number of esters is 1. The van der Waals surface area contributed by atoms with Crippen molar-refractivity contribution in [2.75, 3.05) is 6.61 Å². The van der Waals surface area contributed by atoms with Crippen LogP contribution in [0.4, 0.5) is 22.0 Å². The first-order valence-corrected chi connectivity index (χ1v) is 6.64. The van der Waals surface area contributed by atoms with Crippen molar-refractivity contribution >= 4 is 5.97 Å². The highest BCUT2D eigenvalue weighted by molar-refractivity contribution is 5.71. The minimum atomic E-state index is -2.30. The van der Waals surface area contributed by atoms with Crippen LogP contribution in [0.25, 0.3) is 0 Å². The lowest BCUT2D eigenvalue weighted by Gasteiger charge is -2.10. The largest absolute Gasteiger partial charge is 0.482 e. The topological polar surface area (TPSA) is 59.3 Å². The summed E-state index contributed by atoms with van der Waals surface area (Å²) in [6, 6.07) is 7.52. The summed E-state index contributed by atoms with van der Waals surface area (Å²) in [4.78, 5) is 11.5. The summed E-state index contributed by atoms with van der Waals surface area (Å²) >= 11 is 0. The molecule has 0 aromatic heterocycles. The molecule has 25 heavy (non-hydrogen) atoms. The SMILES string of the molecule is N#Cc1ccc(OCC(=O)OCc2c(F)c(F)c(F)c(F)c2F)cc1. The molecule has 0 unspecified atom stereocenters. The third-order valence-electron chi connectivity index (χ3n) is 3.02. The normalized spacial score (nSPS) is 10.2. The molecule has 4 nitrogen and oxygen atoms in total. The second-order valence-electron chi connectivity index (χ2n) is 4.63. The minimum absolute atomic E-state index is 0.215. The second-order valence-corrected chi connectivity index (χ2v) is 4.63. The zero-order chi connectivity index (χ0) is 18.6. The van der Waals surface area contributed by atoms with Gasteiger partial charge < -0.3 is 9.47 Å². The first-order valence-electron chi connectivity index (χ1n) is 6.64. The summed E-state index contributed by atoms with van der Waals surface area (Å²) in [5, 5.41) is 8.62. The molecule has 0 N–H and O–H groups in total. The molecule has 0 radical (unpaired) electrons. The van der Waals surface area contributed by atoms with Gasteiger partial charge in [0.1, 0.15) is 12.4 Å². The highest BCUT2D eigenvalue weighted by Gasteiger charge is 2.26. The van der Waals surface area contributed by atoms with Gasteiger partial charge in [-0.25, -0.2) is 26.7 Å². The summed E-state index contributed by atoms with van der Waals surface area (Å²) < 4.78 is 75.2. The van der Waals surface area contributed by atoms with Crippen LogP contribution in [0.2, 0.25) is 0 Å². The minimum Gasteiger partial charge on any atom is -0.482 e. The molecule has 0 amide bonds. The van der Waals surface area contributed by atoms with Crippen molar-refractivity contribution in [3.63, 3.8) is 0 Å². The van der Waals surface area contributed by atoms with Crippen molar-refractivity contribution in [2.45, 2.75) is 6.61 Å². The van der Waals surface area contributed by atoms with E-state index in [2.05, 4.69) is 4.74 Å². The Hall–Kier alpha value is -3.15. The Morgan fingerprint density at radius 2 is 1.44 bits per heavy atom. The van der Waals surface area contributed by atoms with Crippen molar-refractivity contribution in [1.29, 1.82) is 5.26 Å². The van der Waals surface area contributed by atoms with Gasteiger partial charge in [0.25, 0.3) is 0 Å². The lowest BCUT2D eigenvalue weighted by Crippen LogP contribution is -2.17. The summed E-state index contributed by atoms with van der Waals surface area (Å²) in [5.74, 6) is -11.6. The molecule has 0 saturated heterocycles. The van der Waals surface area contributed by atoms with E-state index < -0.39 is 53.8 Å². The summed E-state index contributed by atoms with van der Waals surface area (Å²) in [5.41, 5.74) is -0.899. The van der Waals surface area contributed by atoms with E-state index in [0.29, 0.717) is 5.56 Å². The van der Waals surface area contributed by atoms with E-state index in [-0.39, 0.29) is 5.75 Å². The fraction of sp³-hybridized carbons (Fsp3) is 0.125. The predicted octanol–water partition coefficient (Wildman–Crippen LogP) is 3.38. The molecular weight excluding hydrogens is 349 g/mol. The van der Waals surface area contributed by atoms with Gasteiger partial charge in [-0.05, 0) is 24.3 Å². The molecule has 9 heteroatoms. The predicted molar refractivity (Wildman–Crippen MR) is 72.7 cm³/mol. The molecule has 0 spiro atoms. The highest BCUT2D eigenvalue weighted by Crippen LogP contribution is 2.23. The van der Waals surface area contributed by atoms with Crippen LogP contribution in [0.5, 0.6) is 5.75 Å². The van der Waals surface area contributed by atoms with Gasteiger partial charge in [-0.3, -0.25) is 0 Å². The van der Waals surface area contributed by atoms with Crippen LogP contribution >= 0.6 is 0 Å². The number of rotatable bonds is 5. The van der Waals surface area contributed by atoms with Gasteiger partial charge in [-0.15, -0.1) is 0 Å². The van der Waals surface area contributed by atoms with Gasteiger partial charge >= 0.3 is 5.97 Å². The maximum absolute atomic E-state index is 13.4. The molecule has 2 aromatic rings. The Kier molecular flexibility index (Phi) is 5.54. The van der Waals surface area contributed by atoms with Gasteiger partial charge in [-0.1, -0.05) is 0 Å². The average Bonchev–Trinajstić information content (AvgIpc) is 2.63. The molecule has 2 aromatic carbocycles. The van der Waals surface area contributed by atoms with Crippen molar-refractivity contribution < 1.29 is 36.2 Å². The van der Waals surface area contributed by atoms with Crippen molar-refractivity contribution in [3.8, 4) is 11.8 Å². The van der Waals surface area contributed by atoms with Gasteiger partial charge in [0.05, 0.1) is 17.2 Å². The lowest BCUT2D eigenvalue weighted by atomic mass is 10.2. The number of ether oxygens (including phenoxy) is 2. The number of carbonyl (C=O) groups is 1. The molecule has 0 bridgehead atoms. The third-order valence-corrected chi connectivity index (χ3v) is 3.02. The van der Waals surface area contributed by atoms with E-state index in [4.69, 9.17) is 10.00 Å². The zero-order valence-corrected chi connectivity index (χ0v) is 12.3. The molecule has 130 valence electrons. The Balaban J connectivity index is 1.97. The third kappa shape index (κ3) is 4.03. The molecule has 0 fully saturated rings.